The van der Waals surface area contributed by atoms with Crippen LogP contribution in [0.1, 0.15) is 22.3 Å². The van der Waals surface area contributed by atoms with Crippen LogP contribution in [0.5, 0.6) is 0 Å². The smallest absolute Gasteiger partial charge is 0.266 e. The molecule has 1 N–H and O–H groups in total. The van der Waals surface area contributed by atoms with E-state index in [2.05, 4.69) is 10.3 Å². The molecule has 0 saturated carbocycles. The fourth-order valence-corrected chi connectivity index (χ4v) is 2.33. The number of hydrogen-bond donors (Lipinski definition) is 1. The number of anilines is 1. The molecule has 110 valence electrons. The summed E-state index contributed by atoms with van der Waals surface area (Å²) in [5.74, 6) is -0.415. The van der Waals surface area contributed by atoms with Crippen LogP contribution in [0.4, 0.5) is 5.69 Å². The Labute approximate surface area is 130 Å². The van der Waals surface area contributed by atoms with Gasteiger partial charge in [-0.3, -0.25) is 9.78 Å². The van der Waals surface area contributed by atoms with E-state index < -0.39 is 5.91 Å². The number of aromatic nitrogens is 1. The molecule has 4 heteroatoms. The first-order valence-corrected chi connectivity index (χ1v) is 6.92. The highest BCUT2D eigenvalue weighted by Crippen LogP contribution is 2.22. The molecule has 1 amide bonds. The van der Waals surface area contributed by atoms with E-state index >= 15 is 0 Å². The predicted octanol–water partition coefficient (Wildman–Crippen LogP) is 3.55. The van der Waals surface area contributed by atoms with E-state index in [9.17, 15) is 10.1 Å². The maximum absolute atomic E-state index is 12.3. The predicted molar refractivity (Wildman–Crippen MR) is 87.1 cm³/mol. The molecule has 2 rings (SSSR count). The van der Waals surface area contributed by atoms with E-state index in [4.69, 9.17) is 0 Å². The van der Waals surface area contributed by atoms with Gasteiger partial charge in [0.15, 0.2) is 0 Å². The van der Waals surface area contributed by atoms with Gasteiger partial charge in [0.05, 0.1) is 0 Å². The molecule has 0 atom stereocenters. The number of nitrogens with one attached hydrogen (secondary N) is 1. The van der Waals surface area contributed by atoms with Crippen LogP contribution < -0.4 is 5.32 Å². The second-order valence-corrected chi connectivity index (χ2v) is 5.18. The van der Waals surface area contributed by atoms with Crippen molar-refractivity contribution in [3.8, 4) is 6.07 Å². The third kappa shape index (κ3) is 3.58. The summed E-state index contributed by atoms with van der Waals surface area (Å²) in [6.07, 6.45) is 4.77. The molecule has 1 aromatic heterocycles. The zero-order chi connectivity index (χ0) is 16.1. The topological polar surface area (TPSA) is 65.8 Å². The molecule has 2 aromatic rings. The quantitative estimate of drug-likeness (QED) is 0.694. The lowest BCUT2D eigenvalue weighted by Gasteiger charge is -2.12. The molecule has 1 heterocycles. The Kier molecular flexibility index (Phi) is 4.70. The second kappa shape index (κ2) is 6.68. The van der Waals surface area contributed by atoms with Crippen molar-refractivity contribution in [3.63, 3.8) is 0 Å². The van der Waals surface area contributed by atoms with E-state index in [1.807, 2.05) is 39.0 Å². The molecule has 0 aliphatic rings. The number of carbonyl (C=O) groups is 1. The van der Waals surface area contributed by atoms with Crippen molar-refractivity contribution in [1.82, 2.24) is 4.98 Å². The Bertz CT molecular complexity index is 748. The van der Waals surface area contributed by atoms with Crippen molar-refractivity contribution >= 4 is 17.7 Å². The maximum atomic E-state index is 12.3. The molecular weight excluding hydrogens is 274 g/mol. The lowest BCUT2D eigenvalue weighted by atomic mass is 10.0. The molecule has 0 saturated heterocycles. The third-order valence-corrected chi connectivity index (χ3v) is 3.28. The summed E-state index contributed by atoms with van der Waals surface area (Å²) in [5, 5.41) is 12.0. The summed E-state index contributed by atoms with van der Waals surface area (Å²) in [4.78, 5) is 16.3. The number of nitrogens with zero attached hydrogens (tertiary/aromatic N) is 2. The van der Waals surface area contributed by atoms with Crippen LogP contribution in [-0.2, 0) is 4.79 Å². The van der Waals surface area contributed by atoms with Gasteiger partial charge in [0.1, 0.15) is 11.6 Å². The van der Waals surface area contributed by atoms with Crippen molar-refractivity contribution in [2.45, 2.75) is 20.8 Å². The second-order valence-electron chi connectivity index (χ2n) is 5.18. The van der Waals surface area contributed by atoms with Gasteiger partial charge in [-0.25, -0.2) is 0 Å². The van der Waals surface area contributed by atoms with E-state index in [-0.39, 0.29) is 5.57 Å². The minimum absolute atomic E-state index is 0.0485. The van der Waals surface area contributed by atoms with E-state index in [1.165, 1.54) is 6.08 Å². The van der Waals surface area contributed by atoms with Crippen molar-refractivity contribution < 1.29 is 4.79 Å². The Hall–Kier alpha value is -2.93. The molecule has 0 unspecified atom stereocenters. The number of nitriles is 1. The number of benzene rings is 1. The summed E-state index contributed by atoms with van der Waals surface area (Å²) in [6.45, 7) is 5.88. The molecule has 0 radical (unpaired) electrons. The Morgan fingerprint density at radius 2 is 1.95 bits per heavy atom. The van der Waals surface area contributed by atoms with E-state index in [0.717, 1.165) is 22.4 Å². The highest BCUT2D eigenvalue weighted by Gasteiger charge is 2.12. The molecule has 0 aliphatic carbocycles. The van der Waals surface area contributed by atoms with Crippen molar-refractivity contribution in [2.75, 3.05) is 5.32 Å². The van der Waals surface area contributed by atoms with Gasteiger partial charge in [-0.15, -0.1) is 0 Å². The summed E-state index contributed by atoms with van der Waals surface area (Å²) in [5.41, 5.74) is 4.61. The van der Waals surface area contributed by atoms with Crippen LogP contribution in [0.2, 0.25) is 0 Å². The molecule has 0 bridgehead atoms. The molecule has 22 heavy (non-hydrogen) atoms. The maximum Gasteiger partial charge on any atom is 0.266 e. The van der Waals surface area contributed by atoms with Crippen molar-refractivity contribution in [1.29, 1.82) is 5.26 Å². The van der Waals surface area contributed by atoms with Crippen LogP contribution in [0.15, 0.2) is 42.2 Å². The minimum Gasteiger partial charge on any atom is -0.321 e. The summed E-state index contributed by atoms with van der Waals surface area (Å²) in [7, 11) is 0. The molecular formula is C18H17N3O. The van der Waals surface area contributed by atoms with Gasteiger partial charge in [-0.05, 0) is 49.6 Å². The Morgan fingerprint density at radius 3 is 2.50 bits per heavy atom. The minimum atomic E-state index is -0.415. The summed E-state index contributed by atoms with van der Waals surface area (Å²) in [6, 6.07) is 9.49. The number of amides is 1. The first kappa shape index (κ1) is 15.5. The molecule has 0 fully saturated rings. The zero-order valence-corrected chi connectivity index (χ0v) is 12.8. The fraction of sp³-hybridized carbons (Fsp3) is 0.167. The third-order valence-electron chi connectivity index (χ3n) is 3.28. The normalized spacial score (nSPS) is 10.9. The monoisotopic (exact) mass is 291 g/mol. The van der Waals surface area contributed by atoms with E-state index in [1.54, 1.807) is 24.5 Å². The van der Waals surface area contributed by atoms with Crippen molar-refractivity contribution in [2.24, 2.45) is 0 Å². The highest BCUT2D eigenvalue weighted by molar-refractivity contribution is 6.10. The summed E-state index contributed by atoms with van der Waals surface area (Å²) >= 11 is 0. The number of carbonyl (C=O) groups excluding carboxylic acids is 1. The Morgan fingerprint density at radius 1 is 1.27 bits per heavy atom. The van der Waals surface area contributed by atoms with Crippen LogP contribution in [0.3, 0.4) is 0 Å². The first-order valence-electron chi connectivity index (χ1n) is 6.92. The van der Waals surface area contributed by atoms with Gasteiger partial charge in [0.2, 0.25) is 0 Å². The zero-order valence-electron chi connectivity index (χ0n) is 12.8. The number of aryl methyl sites for hydroxylation is 3. The number of rotatable bonds is 3. The average molecular weight is 291 g/mol. The van der Waals surface area contributed by atoms with Gasteiger partial charge in [0.25, 0.3) is 5.91 Å². The van der Waals surface area contributed by atoms with Crippen LogP contribution in [0, 0.1) is 32.1 Å². The SMILES string of the molecule is Cc1cc(C)c(NC(=O)/C(C#N)=C\c2cccnc2)c(C)c1. The van der Waals surface area contributed by atoms with E-state index in [0.29, 0.717) is 5.56 Å². The number of hydrogen-bond acceptors (Lipinski definition) is 3. The summed E-state index contributed by atoms with van der Waals surface area (Å²) < 4.78 is 0. The van der Waals surface area contributed by atoms with Crippen molar-refractivity contribution in [3.05, 3.63) is 64.5 Å². The van der Waals surface area contributed by atoms with Gasteiger partial charge in [-0.2, -0.15) is 5.26 Å². The first-order chi connectivity index (χ1) is 10.5. The highest BCUT2D eigenvalue weighted by atomic mass is 16.1. The van der Waals surface area contributed by atoms with Crippen LogP contribution in [0.25, 0.3) is 6.08 Å². The van der Waals surface area contributed by atoms with Gasteiger partial charge in [-0.1, -0.05) is 23.8 Å². The van der Waals surface area contributed by atoms with Crippen LogP contribution >= 0.6 is 0 Å². The average Bonchev–Trinajstić information content (AvgIpc) is 2.49. The number of pyridine rings is 1. The molecule has 4 nitrogen and oxygen atoms in total. The van der Waals surface area contributed by atoms with Gasteiger partial charge < -0.3 is 5.32 Å². The lowest BCUT2D eigenvalue weighted by molar-refractivity contribution is -0.112. The largest absolute Gasteiger partial charge is 0.321 e. The van der Waals surface area contributed by atoms with Gasteiger partial charge >= 0.3 is 0 Å². The fourth-order valence-electron chi connectivity index (χ4n) is 2.33. The van der Waals surface area contributed by atoms with Gasteiger partial charge in [0, 0.05) is 18.1 Å². The molecule has 1 aromatic carbocycles. The molecule has 0 aliphatic heterocycles. The van der Waals surface area contributed by atoms with Crippen LogP contribution in [-0.4, -0.2) is 10.9 Å². The molecule has 0 spiro atoms. The Balaban J connectivity index is 2.28. The standard InChI is InChI=1S/C18H17N3O/c1-12-7-13(2)17(14(3)8-12)21-18(22)16(10-19)9-15-5-4-6-20-11-15/h4-9,11H,1-3H3,(H,21,22)/b16-9-. The lowest BCUT2D eigenvalue weighted by Crippen LogP contribution is -2.15.